The number of hydrogen-bond acceptors (Lipinski definition) is 7. The predicted molar refractivity (Wildman–Crippen MR) is 79.4 cm³/mol. The van der Waals surface area contributed by atoms with Gasteiger partial charge in [-0.1, -0.05) is 13.3 Å². The number of aromatic amines is 1. The van der Waals surface area contributed by atoms with E-state index in [2.05, 4.69) is 4.98 Å². The van der Waals surface area contributed by atoms with Crippen molar-refractivity contribution in [2.45, 2.75) is 50.4 Å². The molecule has 0 saturated carbocycles. The summed E-state index contributed by atoms with van der Waals surface area (Å²) in [6.45, 7) is 1.87. The highest BCUT2D eigenvalue weighted by molar-refractivity contribution is 7.71. The summed E-state index contributed by atoms with van der Waals surface area (Å²) in [5, 5.41) is 38.9. The van der Waals surface area contributed by atoms with Crippen LogP contribution in [0.2, 0.25) is 0 Å². The summed E-state index contributed by atoms with van der Waals surface area (Å²) in [4.78, 5) is 25.1. The van der Waals surface area contributed by atoms with Gasteiger partial charge in [-0.05, 0) is 18.6 Å². The lowest BCUT2D eigenvalue weighted by molar-refractivity contribution is -0.247. The number of aromatic nitrogens is 2. The van der Waals surface area contributed by atoms with E-state index in [1.165, 1.54) is 10.6 Å². The van der Waals surface area contributed by atoms with E-state index in [9.17, 15) is 24.9 Å². The van der Waals surface area contributed by atoms with Gasteiger partial charge in [0, 0.05) is 11.8 Å². The van der Waals surface area contributed by atoms with Crippen LogP contribution in [0.1, 0.15) is 25.3 Å². The number of carboxylic acid groups (broad SMARTS) is 1. The molecule has 0 amide bonds. The molecule has 10 heteroatoms. The summed E-state index contributed by atoms with van der Waals surface area (Å²) in [5.74, 6) is -1.48. The van der Waals surface area contributed by atoms with Crippen LogP contribution in [-0.4, -0.2) is 60.4 Å². The first-order valence-corrected chi connectivity index (χ1v) is 7.46. The number of aliphatic carboxylic acids is 1. The van der Waals surface area contributed by atoms with Crippen LogP contribution >= 0.6 is 12.2 Å². The fourth-order valence-electron chi connectivity index (χ4n) is 2.56. The predicted octanol–water partition coefficient (Wildman–Crippen LogP) is -1.08. The molecule has 1 aromatic rings. The van der Waals surface area contributed by atoms with Crippen LogP contribution in [0.5, 0.6) is 0 Å². The van der Waals surface area contributed by atoms with Gasteiger partial charge in [0.05, 0.1) is 0 Å². The number of carboxylic acids is 1. The van der Waals surface area contributed by atoms with Crippen LogP contribution in [-0.2, 0) is 16.0 Å². The number of aliphatic hydroxyl groups excluding tert-OH is 3. The molecule has 1 aliphatic rings. The molecule has 1 aromatic heterocycles. The molecule has 2 heterocycles. The van der Waals surface area contributed by atoms with Crippen molar-refractivity contribution in [3.8, 4) is 0 Å². The summed E-state index contributed by atoms with van der Waals surface area (Å²) >= 11 is 5.07. The molecule has 128 valence electrons. The Bertz CT molecular complexity index is 700. The Labute approximate surface area is 135 Å². The second-order valence-corrected chi connectivity index (χ2v) is 5.69. The first-order chi connectivity index (χ1) is 10.8. The maximum Gasteiger partial charge on any atom is 0.335 e. The molecule has 23 heavy (non-hydrogen) atoms. The average Bonchev–Trinajstić information content (AvgIpc) is 2.46. The molecule has 2 rings (SSSR count). The summed E-state index contributed by atoms with van der Waals surface area (Å²) in [6.07, 6.45) is -7.13. The van der Waals surface area contributed by atoms with Crippen molar-refractivity contribution in [2.75, 3.05) is 0 Å². The van der Waals surface area contributed by atoms with E-state index in [4.69, 9.17) is 22.1 Å². The fourth-order valence-corrected chi connectivity index (χ4v) is 2.88. The van der Waals surface area contributed by atoms with Crippen LogP contribution in [0.25, 0.3) is 0 Å². The third-order valence-electron chi connectivity index (χ3n) is 3.65. The van der Waals surface area contributed by atoms with Gasteiger partial charge in [0.1, 0.15) is 18.3 Å². The number of rotatable bonds is 4. The van der Waals surface area contributed by atoms with E-state index in [1.807, 2.05) is 6.92 Å². The lowest BCUT2D eigenvalue weighted by Crippen LogP contribution is -2.58. The first kappa shape index (κ1) is 17.8. The quantitative estimate of drug-likeness (QED) is 0.433. The normalized spacial score (nSPS) is 31.0. The van der Waals surface area contributed by atoms with Gasteiger partial charge >= 0.3 is 5.97 Å². The number of hydrogen-bond donors (Lipinski definition) is 5. The summed E-state index contributed by atoms with van der Waals surface area (Å²) in [7, 11) is 0. The standard InChI is InChI=1S/C13H18N2O7S/c1-2-3-5-4-6(16)14-13(23)15(5)11-9(19)7(17)8(18)10(22-11)12(20)21/h4,7-11,17-19H,2-3H2,1H3,(H,20,21)(H,14,16,23). The lowest BCUT2D eigenvalue weighted by Gasteiger charge is -2.40. The molecule has 0 spiro atoms. The third kappa shape index (κ3) is 3.35. The van der Waals surface area contributed by atoms with E-state index in [-0.39, 0.29) is 4.77 Å². The van der Waals surface area contributed by atoms with Crippen molar-refractivity contribution >= 4 is 18.2 Å². The number of aliphatic hydroxyl groups is 3. The summed E-state index contributed by atoms with van der Waals surface area (Å²) in [5.41, 5.74) is -0.00612. The second kappa shape index (κ2) is 6.89. The highest BCUT2D eigenvalue weighted by Gasteiger charge is 2.48. The second-order valence-electron chi connectivity index (χ2n) is 5.31. The van der Waals surface area contributed by atoms with E-state index in [1.54, 1.807) is 0 Å². The number of carbonyl (C=O) groups is 1. The van der Waals surface area contributed by atoms with Gasteiger partial charge in [-0.3, -0.25) is 14.3 Å². The SMILES string of the molecule is CCCc1cc(=O)[nH]c(=S)n1C1OC(C(=O)O)C(O)C(O)C1O. The summed E-state index contributed by atoms with van der Waals surface area (Å²) < 4.78 is 6.44. The molecule has 5 atom stereocenters. The van der Waals surface area contributed by atoms with Crippen LogP contribution in [0, 0.1) is 4.77 Å². The third-order valence-corrected chi connectivity index (χ3v) is 3.95. The number of nitrogens with zero attached hydrogens (tertiary/aromatic N) is 1. The smallest absolute Gasteiger partial charge is 0.335 e. The molecule has 1 aliphatic heterocycles. The van der Waals surface area contributed by atoms with Gasteiger partial charge in [0.2, 0.25) is 0 Å². The molecule has 0 bridgehead atoms. The van der Waals surface area contributed by atoms with Crippen molar-refractivity contribution < 1.29 is 30.0 Å². The number of aryl methyl sites for hydroxylation is 1. The zero-order valence-electron chi connectivity index (χ0n) is 12.2. The largest absolute Gasteiger partial charge is 0.479 e. The number of H-pyrrole nitrogens is 1. The van der Waals surface area contributed by atoms with Gasteiger partial charge in [0.25, 0.3) is 5.56 Å². The molecule has 5 unspecified atom stereocenters. The first-order valence-electron chi connectivity index (χ1n) is 7.05. The molecule has 1 saturated heterocycles. The van der Waals surface area contributed by atoms with Crippen LogP contribution in [0.4, 0.5) is 0 Å². The molecule has 9 nitrogen and oxygen atoms in total. The van der Waals surface area contributed by atoms with Crippen LogP contribution in [0.15, 0.2) is 10.9 Å². The van der Waals surface area contributed by atoms with Crippen LogP contribution < -0.4 is 5.56 Å². The Balaban J connectivity index is 2.53. The van der Waals surface area contributed by atoms with Crippen molar-refractivity contribution in [3.63, 3.8) is 0 Å². The minimum Gasteiger partial charge on any atom is -0.479 e. The fraction of sp³-hybridized carbons (Fsp3) is 0.615. The number of ether oxygens (including phenoxy) is 1. The van der Waals surface area contributed by atoms with Gasteiger partial charge < -0.3 is 25.2 Å². The van der Waals surface area contributed by atoms with E-state index >= 15 is 0 Å². The van der Waals surface area contributed by atoms with Crippen molar-refractivity contribution in [1.29, 1.82) is 0 Å². The Hall–Kier alpha value is -1.59. The highest BCUT2D eigenvalue weighted by Crippen LogP contribution is 2.29. The molecule has 0 radical (unpaired) electrons. The Morgan fingerprint density at radius 3 is 2.57 bits per heavy atom. The Kier molecular flexibility index (Phi) is 5.32. The maximum absolute atomic E-state index is 11.6. The highest BCUT2D eigenvalue weighted by atomic mass is 32.1. The monoisotopic (exact) mass is 346 g/mol. The van der Waals surface area contributed by atoms with Gasteiger partial charge in [-0.2, -0.15) is 0 Å². The van der Waals surface area contributed by atoms with E-state index in [0.29, 0.717) is 18.5 Å². The van der Waals surface area contributed by atoms with Crippen molar-refractivity contribution in [1.82, 2.24) is 9.55 Å². The van der Waals surface area contributed by atoms with Crippen molar-refractivity contribution in [3.05, 3.63) is 26.9 Å². The maximum atomic E-state index is 11.6. The van der Waals surface area contributed by atoms with Crippen molar-refractivity contribution in [2.24, 2.45) is 0 Å². The molecule has 1 fully saturated rings. The zero-order chi connectivity index (χ0) is 17.3. The number of nitrogens with one attached hydrogen (secondary N) is 1. The minimum absolute atomic E-state index is 0.0715. The topological polar surface area (TPSA) is 145 Å². The molecule has 0 aromatic carbocycles. The lowest BCUT2D eigenvalue weighted by atomic mass is 9.97. The minimum atomic E-state index is -1.79. The van der Waals surface area contributed by atoms with Gasteiger partial charge in [-0.25, -0.2) is 4.79 Å². The van der Waals surface area contributed by atoms with Crippen LogP contribution in [0.3, 0.4) is 0 Å². The molecule has 5 N–H and O–H groups in total. The molecular weight excluding hydrogens is 328 g/mol. The van der Waals surface area contributed by atoms with E-state index < -0.39 is 42.2 Å². The Morgan fingerprint density at radius 1 is 1.35 bits per heavy atom. The van der Waals surface area contributed by atoms with Gasteiger partial charge in [0.15, 0.2) is 17.1 Å². The Morgan fingerprint density at radius 2 is 2.00 bits per heavy atom. The molecular formula is C13H18N2O7S. The van der Waals surface area contributed by atoms with Gasteiger partial charge in [-0.15, -0.1) is 0 Å². The van der Waals surface area contributed by atoms with E-state index in [0.717, 1.165) is 0 Å². The summed E-state index contributed by atoms with van der Waals surface area (Å²) in [6, 6.07) is 1.27. The molecule has 0 aliphatic carbocycles. The zero-order valence-corrected chi connectivity index (χ0v) is 13.1. The average molecular weight is 346 g/mol.